The molecule has 0 radical (unpaired) electrons. The van der Waals surface area contributed by atoms with Gasteiger partial charge in [0.15, 0.2) is 0 Å². The molecule has 0 aliphatic carbocycles. The van der Waals surface area contributed by atoms with E-state index in [-0.39, 0.29) is 0 Å². The van der Waals surface area contributed by atoms with E-state index < -0.39 is 0 Å². The van der Waals surface area contributed by atoms with Crippen LogP contribution in [0.15, 0.2) is 0 Å². The van der Waals surface area contributed by atoms with Crippen LogP contribution in [0.2, 0.25) is 0 Å². The van der Waals surface area contributed by atoms with Gasteiger partial charge in [0, 0.05) is 19.8 Å². The third kappa shape index (κ3) is 15.9. The molecule has 0 aromatic heterocycles. The molecular formula is C16H34O2. The fraction of sp³-hybridized carbons (Fsp3) is 1.00. The van der Waals surface area contributed by atoms with Gasteiger partial charge in [0.2, 0.25) is 0 Å². The first kappa shape index (κ1) is 17.9. The highest BCUT2D eigenvalue weighted by Crippen LogP contribution is 2.07. The van der Waals surface area contributed by atoms with Gasteiger partial charge in [0.1, 0.15) is 0 Å². The number of aliphatic hydroxyl groups excluding tert-OH is 1. The number of unbranched alkanes of at least 4 members (excludes halogenated alkanes) is 10. The highest BCUT2D eigenvalue weighted by molar-refractivity contribution is 4.46. The van der Waals surface area contributed by atoms with Crippen molar-refractivity contribution in [1.29, 1.82) is 0 Å². The molecule has 2 heteroatoms. The summed E-state index contributed by atoms with van der Waals surface area (Å²) in [6.45, 7) is 4.48. The number of rotatable bonds is 15. The topological polar surface area (TPSA) is 29.5 Å². The maximum absolute atomic E-state index is 8.63. The van der Waals surface area contributed by atoms with Crippen molar-refractivity contribution in [2.24, 2.45) is 0 Å². The first-order valence-corrected chi connectivity index (χ1v) is 8.10. The van der Waals surface area contributed by atoms with E-state index in [9.17, 15) is 0 Å². The number of hydrogen-bond acceptors (Lipinski definition) is 2. The number of ether oxygens (including phenoxy) is 1. The van der Waals surface area contributed by atoms with E-state index in [2.05, 4.69) is 6.92 Å². The molecule has 0 aliphatic heterocycles. The fourth-order valence-electron chi connectivity index (χ4n) is 2.11. The zero-order valence-corrected chi connectivity index (χ0v) is 12.5. The molecule has 0 saturated heterocycles. The summed E-state index contributed by atoms with van der Waals surface area (Å²) in [4.78, 5) is 0. The van der Waals surface area contributed by atoms with Gasteiger partial charge in [-0.3, -0.25) is 0 Å². The van der Waals surface area contributed by atoms with Gasteiger partial charge >= 0.3 is 0 Å². The molecule has 0 saturated carbocycles. The number of aliphatic hydroxyl groups is 1. The van der Waals surface area contributed by atoms with Crippen molar-refractivity contribution in [3.8, 4) is 0 Å². The van der Waals surface area contributed by atoms with E-state index >= 15 is 0 Å². The lowest BCUT2D eigenvalue weighted by molar-refractivity contribution is 0.125. The molecule has 0 aliphatic rings. The van der Waals surface area contributed by atoms with Gasteiger partial charge in [-0.1, -0.05) is 64.7 Å². The van der Waals surface area contributed by atoms with Gasteiger partial charge in [-0.05, 0) is 19.3 Å². The lowest BCUT2D eigenvalue weighted by Crippen LogP contribution is -1.97. The van der Waals surface area contributed by atoms with E-state index in [1.54, 1.807) is 0 Å². The zero-order valence-electron chi connectivity index (χ0n) is 12.5. The van der Waals surface area contributed by atoms with Gasteiger partial charge in [0.25, 0.3) is 0 Å². The molecule has 2 nitrogen and oxygen atoms in total. The van der Waals surface area contributed by atoms with Gasteiger partial charge in [0.05, 0.1) is 0 Å². The van der Waals surface area contributed by atoms with Crippen LogP contribution in [0.3, 0.4) is 0 Å². The van der Waals surface area contributed by atoms with Gasteiger partial charge < -0.3 is 9.84 Å². The molecule has 18 heavy (non-hydrogen) atoms. The zero-order chi connectivity index (χ0) is 13.3. The van der Waals surface area contributed by atoms with E-state index in [0.717, 1.165) is 26.1 Å². The Hall–Kier alpha value is -0.0800. The smallest absolute Gasteiger partial charge is 0.0466 e. The Morgan fingerprint density at radius 1 is 0.611 bits per heavy atom. The quantitative estimate of drug-likeness (QED) is 0.432. The lowest BCUT2D eigenvalue weighted by atomic mass is 10.1. The minimum absolute atomic E-state index is 0.342. The average molecular weight is 258 g/mol. The Morgan fingerprint density at radius 3 is 1.56 bits per heavy atom. The van der Waals surface area contributed by atoms with E-state index in [1.807, 2.05) is 0 Å². The third-order valence-corrected chi connectivity index (χ3v) is 3.34. The van der Waals surface area contributed by atoms with Crippen LogP contribution >= 0.6 is 0 Å². The molecule has 0 fully saturated rings. The summed E-state index contributed by atoms with van der Waals surface area (Å²) >= 11 is 0. The van der Waals surface area contributed by atoms with Crippen molar-refractivity contribution in [2.75, 3.05) is 19.8 Å². The second kappa shape index (κ2) is 16.9. The fourth-order valence-corrected chi connectivity index (χ4v) is 2.11. The van der Waals surface area contributed by atoms with Crippen LogP contribution in [0.4, 0.5) is 0 Å². The molecule has 1 N–H and O–H groups in total. The minimum atomic E-state index is 0.342. The highest BCUT2D eigenvalue weighted by atomic mass is 16.5. The second-order valence-electron chi connectivity index (χ2n) is 5.23. The van der Waals surface area contributed by atoms with Crippen molar-refractivity contribution in [2.45, 2.75) is 84.0 Å². The SMILES string of the molecule is CCCCCCCCCOCCCCCCCO. The molecule has 0 bridgehead atoms. The molecule has 0 aromatic rings. The summed E-state index contributed by atoms with van der Waals surface area (Å²) in [5.74, 6) is 0. The summed E-state index contributed by atoms with van der Waals surface area (Å²) < 4.78 is 5.62. The van der Waals surface area contributed by atoms with Crippen molar-refractivity contribution >= 4 is 0 Å². The van der Waals surface area contributed by atoms with Crippen molar-refractivity contribution < 1.29 is 9.84 Å². The number of hydrogen-bond donors (Lipinski definition) is 1. The van der Waals surface area contributed by atoms with Crippen LogP contribution in [0.25, 0.3) is 0 Å². The van der Waals surface area contributed by atoms with E-state index in [0.29, 0.717) is 6.61 Å². The summed E-state index contributed by atoms with van der Waals surface area (Å²) in [6.07, 6.45) is 15.3. The summed E-state index contributed by atoms with van der Waals surface area (Å²) in [5, 5.41) is 8.63. The van der Waals surface area contributed by atoms with Gasteiger partial charge in [-0.25, -0.2) is 0 Å². The largest absolute Gasteiger partial charge is 0.396 e. The van der Waals surface area contributed by atoms with Crippen LogP contribution in [0.1, 0.15) is 84.0 Å². The molecule has 0 spiro atoms. The average Bonchev–Trinajstić information content (AvgIpc) is 2.39. The summed E-state index contributed by atoms with van der Waals surface area (Å²) in [7, 11) is 0. The Morgan fingerprint density at radius 2 is 1.06 bits per heavy atom. The molecular weight excluding hydrogens is 224 g/mol. The normalized spacial score (nSPS) is 11.0. The molecule has 0 rings (SSSR count). The van der Waals surface area contributed by atoms with Crippen LogP contribution < -0.4 is 0 Å². The molecule has 0 amide bonds. The first-order valence-electron chi connectivity index (χ1n) is 8.10. The molecule has 0 atom stereocenters. The highest BCUT2D eigenvalue weighted by Gasteiger charge is 1.93. The summed E-state index contributed by atoms with van der Waals surface area (Å²) in [6, 6.07) is 0. The van der Waals surface area contributed by atoms with Crippen molar-refractivity contribution in [3.63, 3.8) is 0 Å². The first-order chi connectivity index (χ1) is 8.91. The van der Waals surface area contributed by atoms with Crippen molar-refractivity contribution in [1.82, 2.24) is 0 Å². The van der Waals surface area contributed by atoms with E-state index in [1.165, 1.54) is 64.2 Å². The predicted molar refractivity (Wildman–Crippen MR) is 79.0 cm³/mol. The maximum atomic E-state index is 8.63. The standard InChI is InChI=1S/C16H34O2/c1-2-3-4-5-6-9-12-15-18-16-13-10-7-8-11-14-17/h17H,2-16H2,1H3. The molecule has 0 unspecified atom stereocenters. The molecule has 0 aromatic carbocycles. The van der Waals surface area contributed by atoms with E-state index in [4.69, 9.17) is 9.84 Å². The van der Waals surface area contributed by atoms with Crippen molar-refractivity contribution in [3.05, 3.63) is 0 Å². The third-order valence-electron chi connectivity index (χ3n) is 3.34. The Labute approximate surface area is 114 Å². The molecule has 110 valence electrons. The van der Waals surface area contributed by atoms with Crippen LogP contribution in [-0.4, -0.2) is 24.9 Å². The Balaban J connectivity index is 2.86. The lowest BCUT2D eigenvalue weighted by Gasteiger charge is -2.04. The Bertz CT molecular complexity index is 121. The second-order valence-corrected chi connectivity index (χ2v) is 5.23. The van der Waals surface area contributed by atoms with Crippen LogP contribution in [0, 0.1) is 0 Å². The monoisotopic (exact) mass is 258 g/mol. The van der Waals surface area contributed by atoms with Crippen LogP contribution in [0.5, 0.6) is 0 Å². The van der Waals surface area contributed by atoms with Gasteiger partial charge in [-0.2, -0.15) is 0 Å². The Kier molecular flexibility index (Phi) is 16.8. The maximum Gasteiger partial charge on any atom is 0.0466 e. The van der Waals surface area contributed by atoms with Gasteiger partial charge in [-0.15, -0.1) is 0 Å². The summed E-state index contributed by atoms with van der Waals surface area (Å²) in [5.41, 5.74) is 0. The molecule has 0 heterocycles. The van der Waals surface area contributed by atoms with Crippen LogP contribution in [-0.2, 0) is 4.74 Å². The minimum Gasteiger partial charge on any atom is -0.396 e. The predicted octanol–water partition coefficient (Wildman–Crippen LogP) is 4.70.